The summed E-state index contributed by atoms with van der Waals surface area (Å²) in [5.41, 5.74) is 6.69. The lowest BCUT2D eigenvalue weighted by molar-refractivity contribution is -0.137. The Balaban J connectivity index is 0.00000361. The van der Waals surface area contributed by atoms with E-state index in [-0.39, 0.29) is 12.4 Å². The van der Waals surface area contributed by atoms with E-state index < -0.39 is 12.0 Å². The SMILES string of the molecule is Cl.NC(CSC(=S)NCCCc1ccccc1)C(=O)O. The third-order valence-electron chi connectivity index (χ3n) is 2.47. The van der Waals surface area contributed by atoms with E-state index >= 15 is 0 Å². The number of carboxylic acid groups (broad SMARTS) is 1. The summed E-state index contributed by atoms with van der Waals surface area (Å²) in [6, 6.07) is 9.37. The highest BCUT2D eigenvalue weighted by atomic mass is 35.5. The molecular weight excluding hydrogens is 316 g/mol. The molecule has 7 heteroatoms. The Bertz CT molecular complexity index is 418. The molecule has 1 aromatic carbocycles. The summed E-state index contributed by atoms with van der Waals surface area (Å²) >= 11 is 6.37. The van der Waals surface area contributed by atoms with Crippen molar-refractivity contribution in [3.63, 3.8) is 0 Å². The van der Waals surface area contributed by atoms with E-state index in [2.05, 4.69) is 17.4 Å². The van der Waals surface area contributed by atoms with Crippen molar-refractivity contribution in [1.29, 1.82) is 0 Å². The summed E-state index contributed by atoms with van der Waals surface area (Å²) < 4.78 is 0.602. The molecule has 0 heterocycles. The number of thiocarbonyl (C=S) groups is 1. The van der Waals surface area contributed by atoms with Crippen LogP contribution >= 0.6 is 36.4 Å². The highest BCUT2D eigenvalue weighted by Crippen LogP contribution is 2.05. The first-order valence-corrected chi connectivity index (χ1v) is 7.42. The number of thioether (sulfide) groups is 1. The van der Waals surface area contributed by atoms with Crippen molar-refractivity contribution in [2.45, 2.75) is 18.9 Å². The van der Waals surface area contributed by atoms with Gasteiger partial charge in [-0.15, -0.1) is 12.4 Å². The number of benzene rings is 1. The first-order valence-electron chi connectivity index (χ1n) is 6.02. The molecule has 0 spiro atoms. The number of hydrogen-bond acceptors (Lipinski definition) is 4. The minimum atomic E-state index is -1.00. The molecule has 4 nitrogen and oxygen atoms in total. The number of aliphatic carboxylic acids is 1. The lowest BCUT2D eigenvalue weighted by Crippen LogP contribution is -2.34. The predicted molar refractivity (Wildman–Crippen MR) is 90.7 cm³/mol. The lowest BCUT2D eigenvalue weighted by atomic mass is 10.1. The van der Waals surface area contributed by atoms with Gasteiger partial charge in [0.05, 0.1) is 0 Å². The predicted octanol–water partition coefficient (Wildman–Crippen LogP) is 2.06. The number of carboxylic acids is 1. The van der Waals surface area contributed by atoms with Crippen molar-refractivity contribution >= 4 is 46.7 Å². The Morgan fingerprint density at radius 2 is 2.05 bits per heavy atom. The van der Waals surface area contributed by atoms with Crippen LogP contribution in [-0.4, -0.2) is 33.7 Å². The normalized spacial score (nSPS) is 11.2. The molecule has 0 aliphatic heterocycles. The largest absolute Gasteiger partial charge is 0.480 e. The van der Waals surface area contributed by atoms with E-state index in [0.29, 0.717) is 10.1 Å². The van der Waals surface area contributed by atoms with E-state index in [1.54, 1.807) is 0 Å². The molecule has 0 aromatic heterocycles. The van der Waals surface area contributed by atoms with Crippen LogP contribution in [0.15, 0.2) is 30.3 Å². The van der Waals surface area contributed by atoms with Crippen molar-refractivity contribution in [2.75, 3.05) is 12.3 Å². The van der Waals surface area contributed by atoms with Crippen molar-refractivity contribution in [1.82, 2.24) is 5.32 Å². The minimum absolute atomic E-state index is 0. The number of nitrogens with two attached hydrogens (primary N) is 1. The van der Waals surface area contributed by atoms with Gasteiger partial charge in [0.15, 0.2) is 0 Å². The first kappa shape index (κ1) is 19.2. The quantitative estimate of drug-likeness (QED) is 0.523. The van der Waals surface area contributed by atoms with E-state index in [9.17, 15) is 4.79 Å². The van der Waals surface area contributed by atoms with Gasteiger partial charge in [0.25, 0.3) is 0 Å². The maximum atomic E-state index is 10.5. The Hall–Kier alpha value is -0.820. The zero-order chi connectivity index (χ0) is 14.1. The molecule has 0 amide bonds. The molecular formula is C13H19ClN2O2S2. The highest BCUT2D eigenvalue weighted by molar-refractivity contribution is 8.23. The summed E-state index contributed by atoms with van der Waals surface area (Å²) in [5, 5.41) is 11.7. The Labute approximate surface area is 134 Å². The summed E-state index contributed by atoms with van der Waals surface area (Å²) in [5.74, 6) is -0.709. The minimum Gasteiger partial charge on any atom is -0.480 e. The molecule has 112 valence electrons. The second-order valence-corrected chi connectivity index (χ2v) is 5.76. The van der Waals surface area contributed by atoms with Gasteiger partial charge in [-0.25, -0.2) is 0 Å². The first-order chi connectivity index (χ1) is 9.09. The fraction of sp³-hybridized carbons (Fsp3) is 0.385. The summed E-state index contributed by atoms with van der Waals surface area (Å²) in [4.78, 5) is 10.5. The topological polar surface area (TPSA) is 75.3 Å². The van der Waals surface area contributed by atoms with Gasteiger partial charge in [-0.3, -0.25) is 4.79 Å². The van der Waals surface area contributed by atoms with E-state index in [1.165, 1.54) is 17.3 Å². The maximum Gasteiger partial charge on any atom is 0.321 e. The van der Waals surface area contributed by atoms with Crippen molar-refractivity contribution < 1.29 is 9.90 Å². The van der Waals surface area contributed by atoms with Crippen LogP contribution in [0.1, 0.15) is 12.0 Å². The maximum absolute atomic E-state index is 10.5. The van der Waals surface area contributed by atoms with Crippen LogP contribution in [-0.2, 0) is 11.2 Å². The van der Waals surface area contributed by atoms with Gasteiger partial charge >= 0.3 is 5.97 Å². The van der Waals surface area contributed by atoms with Crippen LogP contribution < -0.4 is 11.1 Å². The van der Waals surface area contributed by atoms with Gasteiger partial charge in [-0.2, -0.15) is 0 Å². The van der Waals surface area contributed by atoms with Crippen molar-refractivity contribution in [2.24, 2.45) is 5.73 Å². The highest BCUT2D eigenvalue weighted by Gasteiger charge is 2.12. The molecule has 0 saturated heterocycles. The van der Waals surface area contributed by atoms with Crippen LogP contribution in [0.25, 0.3) is 0 Å². The Morgan fingerprint density at radius 3 is 2.65 bits per heavy atom. The Kier molecular flexibility index (Phi) is 10.5. The number of rotatable bonds is 7. The van der Waals surface area contributed by atoms with Crippen molar-refractivity contribution in [3.05, 3.63) is 35.9 Å². The average Bonchev–Trinajstić information content (AvgIpc) is 2.42. The fourth-order valence-electron chi connectivity index (χ4n) is 1.42. The van der Waals surface area contributed by atoms with Gasteiger partial charge in [-0.1, -0.05) is 54.3 Å². The monoisotopic (exact) mass is 334 g/mol. The molecule has 0 bridgehead atoms. The number of halogens is 1. The molecule has 1 aromatic rings. The van der Waals surface area contributed by atoms with Gasteiger partial charge in [-0.05, 0) is 18.4 Å². The number of aryl methyl sites for hydroxylation is 1. The fourth-order valence-corrected chi connectivity index (χ4v) is 2.40. The average molecular weight is 335 g/mol. The van der Waals surface area contributed by atoms with E-state index in [4.69, 9.17) is 23.1 Å². The number of carbonyl (C=O) groups is 1. The van der Waals surface area contributed by atoms with E-state index in [1.807, 2.05) is 18.2 Å². The molecule has 1 rings (SSSR count). The smallest absolute Gasteiger partial charge is 0.321 e. The molecule has 0 aliphatic rings. The molecule has 0 fully saturated rings. The molecule has 4 N–H and O–H groups in total. The zero-order valence-electron chi connectivity index (χ0n) is 11.0. The van der Waals surface area contributed by atoms with Crippen LogP contribution in [0.3, 0.4) is 0 Å². The summed E-state index contributed by atoms with van der Waals surface area (Å²) in [6.07, 6.45) is 1.98. The van der Waals surface area contributed by atoms with Crippen molar-refractivity contribution in [3.8, 4) is 0 Å². The second kappa shape index (κ2) is 10.9. The van der Waals surface area contributed by atoms with Gasteiger partial charge < -0.3 is 16.2 Å². The van der Waals surface area contributed by atoms with Gasteiger partial charge in [0, 0.05) is 12.3 Å². The summed E-state index contributed by atoms with van der Waals surface area (Å²) in [6.45, 7) is 0.781. The number of nitrogens with one attached hydrogen (secondary N) is 1. The summed E-state index contributed by atoms with van der Waals surface area (Å²) in [7, 11) is 0. The molecule has 0 saturated carbocycles. The van der Waals surface area contributed by atoms with Crippen LogP contribution in [0.4, 0.5) is 0 Å². The molecule has 20 heavy (non-hydrogen) atoms. The number of hydrogen-bond donors (Lipinski definition) is 3. The van der Waals surface area contributed by atoms with Crippen LogP contribution in [0.2, 0.25) is 0 Å². The molecule has 0 aliphatic carbocycles. The molecule has 1 atom stereocenters. The molecule has 0 radical (unpaired) electrons. The Morgan fingerprint density at radius 1 is 1.40 bits per heavy atom. The van der Waals surface area contributed by atoms with Crippen LogP contribution in [0, 0.1) is 0 Å². The van der Waals surface area contributed by atoms with E-state index in [0.717, 1.165) is 19.4 Å². The van der Waals surface area contributed by atoms with Crippen LogP contribution in [0.5, 0.6) is 0 Å². The third kappa shape index (κ3) is 8.37. The molecule has 1 unspecified atom stereocenters. The lowest BCUT2D eigenvalue weighted by Gasteiger charge is -2.09. The third-order valence-corrected chi connectivity index (χ3v) is 3.90. The second-order valence-electron chi connectivity index (χ2n) is 4.06. The van der Waals surface area contributed by atoms with Gasteiger partial charge in [0.2, 0.25) is 0 Å². The zero-order valence-corrected chi connectivity index (χ0v) is 13.4. The van der Waals surface area contributed by atoms with Gasteiger partial charge in [0.1, 0.15) is 10.4 Å². The standard InChI is InChI=1S/C13H18N2O2S2.ClH/c14-11(12(16)17)9-19-13(18)15-8-4-7-10-5-2-1-3-6-10;/h1-3,5-6,11H,4,7-9,14H2,(H,15,18)(H,16,17);1H.